The Morgan fingerprint density at radius 3 is 0.905 bits per heavy atom. The molecule has 21 heavy (non-hydrogen) atoms. The van der Waals surface area contributed by atoms with Crippen LogP contribution in [-0.4, -0.2) is 42.4 Å². The monoisotopic (exact) mass is 323 g/mol. The van der Waals surface area contributed by atoms with Gasteiger partial charge in [0.25, 0.3) is 0 Å². The third kappa shape index (κ3) is 16.4. The lowest BCUT2D eigenvalue weighted by atomic mass is 10.1. The Bertz CT molecular complexity index is 139. The van der Waals surface area contributed by atoms with Crippen LogP contribution >= 0.6 is 0 Å². The number of unbranched alkanes of at least 4 members (excludes halogenated alkanes) is 4. The standard InChI is InChI=1S/C16H36N.C2H6O.ClH/c1-5-9-13-17(14-10-6-2,15-11-7-3)16-12-8-4;1-2-3;/h5-16H2,1-4H3;3H,2H2,1H3;1H/q+1;;/p-1. The minimum atomic E-state index is 0. The van der Waals surface area contributed by atoms with E-state index in [-0.39, 0.29) is 19.0 Å². The summed E-state index contributed by atoms with van der Waals surface area (Å²) in [4.78, 5) is 0. The van der Waals surface area contributed by atoms with Gasteiger partial charge in [0.05, 0.1) is 26.2 Å². The molecule has 0 bridgehead atoms. The van der Waals surface area contributed by atoms with Gasteiger partial charge in [-0.15, -0.1) is 0 Å². The number of halogens is 1. The van der Waals surface area contributed by atoms with Crippen molar-refractivity contribution in [3.8, 4) is 0 Å². The van der Waals surface area contributed by atoms with Crippen molar-refractivity contribution in [2.75, 3.05) is 32.8 Å². The average Bonchev–Trinajstić information content (AvgIpc) is 2.46. The van der Waals surface area contributed by atoms with E-state index in [1.54, 1.807) is 6.92 Å². The van der Waals surface area contributed by atoms with Gasteiger partial charge < -0.3 is 22.0 Å². The van der Waals surface area contributed by atoms with Crippen LogP contribution in [0.3, 0.4) is 0 Å². The summed E-state index contributed by atoms with van der Waals surface area (Å²) in [7, 11) is 0. The lowest BCUT2D eigenvalue weighted by molar-refractivity contribution is -0.929. The van der Waals surface area contributed by atoms with Crippen molar-refractivity contribution in [1.82, 2.24) is 0 Å². The number of quaternary nitrogens is 1. The number of nitrogens with zero attached hydrogens (tertiary/aromatic N) is 1. The van der Waals surface area contributed by atoms with E-state index in [0.29, 0.717) is 0 Å². The summed E-state index contributed by atoms with van der Waals surface area (Å²) >= 11 is 0. The Morgan fingerprint density at radius 1 is 0.571 bits per heavy atom. The van der Waals surface area contributed by atoms with E-state index in [2.05, 4.69) is 27.7 Å². The maximum Gasteiger partial charge on any atom is 0.0786 e. The first-order valence-electron chi connectivity index (χ1n) is 9.12. The van der Waals surface area contributed by atoms with Gasteiger partial charge in [0.15, 0.2) is 0 Å². The smallest absolute Gasteiger partial charge is 0.0786 e. The van der Waals surface area contributed by atoms with Gasteiger partial charge in [0.1, 0.15) is 0 Å². The molecule has 0 aliphatic rings. The molecular weight excluding hydrogens is 282 g/mol. The SMILES string of the molecule is CCCC[N+](CCCC)(CCCC)CCCC.CCO.[Cl-]. The van der Waals surface area contributed by atoms with E-state index >= 15 is 0 Å². The van der Waals surface area contributed by atoms with Crippen molar-refractivity contribution in [3.05, 3.63) is 0 Å². The quantitative estimate of drug-likeness (QED) is 0.545. The number of hydrogen-bond acceptors (Lipinski definition) is 1. The molecular formula is C18H42ClNO. The van der Waals surface area contributed by atoms with Crippen LogP contribution in [0.15, 0.2) is 0 Å². The molecule has 0 saturated heterocycles. The average molecular weight is 324 g/mol. The van der Waals surface area contributed by atoms with Gasteiger partial charge in [-0.05, 0) is 32.6 Å². The van der Waals surface area contributed by atoms with Crippen molar-refractivity contribution < 1.29 is 22.0 Å². The highest BCUT2D eigenvalue weighted by atomic mass is 35.5. The van der Waals surface area contributed by atoms with Crippen LogP contribution in [-0.2, 0) is 0 Å². The summed E-state index contributed by atoms with van der Waals surface area (Å²) in [5.41, 5.74) is 0. The van der Waals surface area contributed by atoms with Gasteiger partial charge >= 0.3 is 0 Å². The first-order valence-corrected chi connectivity index (χ1v) is 9.12. The molecule has 0 rings (SSSR count). The van der Waals surface area contributed by atoms with Crippen molar-refractivity contribution in [2.45, 2.75) is 86.0 Å². The predicted octanol–water partition coefficient (Wildman–Crippen LogP) is 2.01. The highest BCUT2D eigenvalue weighted by Gasteiger charge is 2.24. The number of aliphatic hydroxyl groups excluding tert-OH is 1. The molecule has 0 radical (unpaired) electrons. The zero-order valence-corrected chi connectivity index (χ0v) is 16.2. The van der Waals surface area contributed by atoms with Crippen molar-refractivity contribution >= 4 is 0 Å². The molecule has 0 saturated carbocycles. The Balaban J connectivity index is -0.000000740. The maximum absolute atomic E-state index is 7.57. The summed E-state index contributed by atoms with van der Waals surface area (Å²) in [6, 6.07) is 0. The summed E-state index contributed by atoms with van der Waals surface area (Å²) in [6.45, 7) is 16.9. The largest absolute Gasteiger partial charge is 1.00 e. The first-order chi connectivity index (χ1) is 9.66. The summed E-state index contributed by atoms with van der Waals surface area (Å²) in [5.74, 6) is 0. The van der Waals surface area contributed by atoms with Gasteiger partial charge in [-0.3, -0.25) is 0 Å². The van der Waals surface area contributed by atoms with E-state index in [9.17, 15) is 0 Å². The minimum absolute atomic E-state index is 0. The Morgan fingerprint density at radius 2 is 0.762 bits per heavy atom. The molecule has 0 aliphatic carbocycles. The zero-order chi connectivity index (χ0) is 15.7. The van der Waals surface area contributed by atoms with Crippen LogP contribution in [0, 0.1) is 0 Å². The Kier molecular flexibility index (Phi) is 25.1. The van der Waals surface area contributed by atoms with E-state index < -0.39 is 0 Å². The first kappa shape index (κ1) is 26.1. The van der Waals surface area contributed by atoms with E-state index in [1.807, 2.05) is 0 Å². The molecule has 3 heteroatoms. The summed E-state index contributed by atoms with van der Waals surface area (Å²) < 4.78 is 1.42. The topological polar surface area (TPSA) is 20.2 Å². The van der Waals surface area contributed by atoms with Crippen LogP contribution in [0.5, 0.6) is 0 Å². The second kappa shape index (κ2) is 20.2. The van der Waals surface area contributed by atoms with E-state index in [1.165, 1.54) is 82.0 Å². The van der Waals surface area contributed by atoms with Gasteiger partial charge in [0, 0.05) is 6.61 Å². The van der Waals surface area contributed by atoms with Crippen LogP contribution in [0.2, 0.25) is 0 Å². The van der Waals surface area contributed by atoms with Gasteiger partial charge in [-0.1, -0.05) is 53.4 Å². The highest BCUT2D eigenvalue weighted by Crippen LogP contribution is 2.16. The van der Waals surface area contributed by atoms with Gasteiger partial charge in [0.2, 0.25) is 0 Å². The molecule has 132 valence electrons. The Labute approximate surface area is 141 Å². The van der Waals surface area contributed by atoms with E-state index in [4.69, 9.17) is 5.11 Å². The highest BCUT2D eigenvalue weighted by molar-refractivity contribution is 4.49. The molecule has 2 nitrogen and oxygen atoms in total. The predicted molar refractivity (Wildman–Crippen MR) is 92.1 cm³/mol. The number of rotatable bonds is 12. The number of hydrogen-bond donors (Lipinski definition) is 1. The van der Waals surface area contributed by atoms with Gasteiger partial charge in [-0.25, -0.2) is 0 Å². The lowest BCUT2D eigenvalue weighted by Crippen LogP contribution is -3.00. The molecule has 0 aromatic carbocycles. The minimum Gasteiger partial charge on any atom is -1.00 e. The molecule has 1 N–H and O–H groups in total. The maximum atomic E-state index is 7.57. The van der Waals surface area contributed by atoms with Crippen LogP contribution < -0.4 is 12.4 Å². The zero-order valence-electron chi connectivity index (χ0n) is 15.5. The third-order valence-corrected chi connectivity index (χ3v) is 3.94. The fourth-order valence-electron chi connectivity index (χ4n) is 2.64. The molecule has 0 aromatic heterocycles. The fourth-order valence-corrected chi connectivity index (χ4v) is 2.64. The normalized spacial score (nSPS) is 10.6. The van der Waals surface area contributed by atoms with Crippen molar-refractivity contribution in [1.29, 1.82) is 0 Å². The molecule has 0 atom stereocenters. The van der Waals surface area contributed by atoms with Gasteiger partial charge in [-0.2, -0.15) is 0 Å². The van der Waals surface area contributed by atoms with Crippen LogP contribution in [0.25, 0.3) is 0 Å². The van der Waals surface area contributed by atoms with E-state index in [0.717, 1.165) is 0 Å². The third-order valence-electron chi connectivity index (χ3n) is 3.94. The second-order valence-electron chi connectivity index (χ2n) is 5.97. The van der Waals surface area contributed by atoms with Crippen LogP contribution in [0.1, 0.15) is 86.0 Å². The molecule has 0 amide bonds. The fraction of sp³-hybridized carbons (Fsp3) is 1.00. The molecule has 0 unspecified atom stereocenters. The lowest BCUT2D eigenvalue weighted by Gasteiger charge is -2.39. The molecule has 0 aliphatic heterocycles. The summed E-state index contributed by atoms with van der Waals surface area (Å²) in [5, 5.41) is 7.57. The molecule has 0 spiro atoms. The van der Waals surface area contributed by atoms with Crippen molar-refractivity contribution in [2.24, 2.45) is 0 Å². The Hall–Kier alpha value is 0.210. The number of aliphatic hydroxyl groups is 1. The van der Waals surface area contributed by atoms with Crippen molar-refractivity contribution in [3.63, 3.8) is 0 Å². The summed E-state index contributed by atoms with van der Waals surface area (Å²) in [6.07, 6.45) is 11.1. The molecule has 0 fully saturated rings. The molecule has 0 heterocycles. The second-order valence-corrected chi connectivity index (χ2v) is 5.97. The van der Waals surface area contributed by atoms with Crippen LogP contribution in [0.4, 0.5) is 0 Å². The molecule has 0 aromatic rings.